The molecule has 0 aromatic heterocycles. The topological polar surface area (TPSA) is 46.5 Å². The molecule has 3 aromatic carbocycles. The Bertz CT molecular complexity index is 791. The number of aromatic carboxylic acids is 1. The fourth-order valence-corrected chi connectivity index (χ4v) is 2.45. The van der Waals surface area contributed by atoms with Crippen molar-refractivity contribution in [2.24, 2.45) is 0 Å². The van der Waals surface area contributed by atoms with Gasteiger partial charge in [0.15, 0.2) is 0 Å². The second-order valence-electron chi connectivity index (χ2n) is 5.56. The highest BCUT2D eigenvalue weighted by Crippen LogP contribution is 2.19. The van der Waals surface area contributed by atoms with Gasteiger partial charge in [-0.05, 0) is 34.4 Å². The van der Waals surface area contributed by atoms with E-state index in [1.165, 1.54) is 11.1 Å². The molecule has 24 heavy (non-hydrogen) atoms. The molecule has 0 amide bonds. The van der Waals surface area contributed by atoms with Crippen molar-refractivity contribution >= 4 is 5.97 Å². The molecule has 0 aliphatic heterocycles. The maximum Gasteiger partial charge on any atom is 0.335 e. The first-order chi connectivity index (χ1) is 11.7. The molecular formula is C21H18O3. The van der Waals surface area contributed by atoms with Crippen LogP contribution in [0.15, 0.2) is 78.9 Å². The summed E-state index contributed by atoms with van der Waals surface area (Å²) >= 11 is 0. The largest absolute Gasteiger partial charge is 0.478 e. The van der Waals surface area contributed by atoms with Gasteiger partial charge in [-0.25, -0.2) is 4.79 Å². The standard InChI is InChI=1S/C21H18O3/c22-21(23)20-12-8-17(9-13-20)15-24-14-16-6-10-19(11-7-16)18-4-2-1-3-5-18/h1-13H,14-15H2,(H,22,23). The molecule has 0 bridgehead atoms. The number of ether oxygens (including phenoxy) is 1. The van der Waals surface area contributed by atoms with Crippen molar-refractivity contribution in [2.45, 2.75) is 13.2 Å². The van der Waals surface area contributed by atoms with Crippen molar-refractivity contribution in [2.75, 3.05) is 0 Å². The van der Waals surface area contributed by atoms with Crippen molar-refractivity contribution in [3.63, 3.8) is 0 Å². The molecule has 0 aliphatic carbocycles. The van der Waals surface area contributed by atoms with Crippen LogP contribution in [0.25, 0.3) is 11.1 Å². The van der Waals surface area contributed by atoms with E-state index in [1.54, 1.807) is 24.3 Å². The van der Waals surface area contributed by atoms with Crippen LogP contribution in [-0.2, 0) is 18.0 Å². The summed E-state index contributed by atoms with van der Waals surface area (Å²) in [6.07, 6.45) is 0. The van der Waals surface area contributed by atoms with Crippen molar-refractivity contribution in [1.82, 2.24) is 0 Å². The molecule has 0 aliphatic rings. The average molecular weight is 318 g/mol. The highest BCUT2D eigenvalue weighted by atomic mass is 16.5. The van der Waals surface area contributed by atoms with E-state index in [4.69, 9.17) is 9.84 Å². The molecule has 120 valence electrons. The van der Waals surface area contributed by atoms with E-state index in [9.17, 15) is 4.79 Å². The van der Waals surface area contributed by atoms with Crippen LogP contribution in [0.2, 0.25) is 0 Å². The van der Waals surface area contributed by atoms with Crippen LogP contribution in [0.3, 0.4) is 0 Å². The molecule has 3 nitrogen and oxygen atoms in total. The number of carbonyl (C=O) groups is 1. The van der Waals surface area contributed by atoms with Crippen molar-refractivity contribution in [3.8, 4) is 11.1 Å². The Labute approximate surface area is 141 Å². The molecule has 0 saturated heterocycles. The molecule has 0 heterocycles. The quantitative estimate of drug-likeness (QED) is 0.712. The van der Waals surface area contributed by atoms with Gasteiger partial charge in [0.2, 0.25) is 0 Å². The molecule has 1 N–H and O–H groups in total. The predicted molar refractivity (Wildman–Crippen MR) is 93.8 cm³/mol. The van der Waals surface area contributed by atoms with Crippen LogP contribution in [0.4, 0.5) is 0 Å². The third kappa shape index (κ3) is 4.09. The molecule has 3 aromatic rings. The molecule has 0 radical (unpaired) electrons. The van der Waals surface area contributed by atoms with Gasteiger partial charge in [-0.15, -0.1) is 0 Å². The number of carboxylic acids is 1. The second kappa shape index (κ2) is 7.57. The fourth-order valence-electron chi connectivity index (χ4n) is 2.45. The lowest BCUT2D eigenvalue weighted by atomic mass is 10.0. The van der Waals surface area contributed by atoms with Gasteiger partial charge in [-0.1, -0.05) is 66.7 Å². The SMILES string of the molecule is O=C(O)c1ccc(COCc2ccc(-c3ccccc3)cc2)cc1. The predicted octanol–water partition coefficient (Wildman–Crippen LogP) is 4.77. The Morgan fingerprint density at radius 2 is 1.21 bits per heavy atom. The summed E-state index contributed by atoms with van der Waals surface area (Å²) in [7, 11) is 0. The molecule has 3 heteroatoms. The Kier molecular flexibility index (Phi) is 5.04. The third-order valence-corrected chi connectivity index (χ3v) is 3.80. The van der Waals surface area contributed by atoms with Gasteiger partial charge in [0.05, 0.1) is 18.8 Å². The lowest BCUT2D eigenvalue weighted by Crippen LogP contribution is -1.98. The molecule has 0 atom stereocenters. The van der Waals surface area contributed by atoms with Crippen LogP contribution in [0.5, 0.6) is 0 Å². The minimum Gasteiger partial charge on any atom is -0.478 e. The smallest absolute Gasteiger partial charge is 0.335 e. The summed E-state index contributed by atoms with van der Waals surface area (Å²) in [5.74, 6) is -0.916. The van der Waals surface area contributed by atoms with E-state index in [2.05, 4.69) is 36.4 Å². The maximum absolute atomic E-state index is 10.8. The Hall–Kier alpha value is -2.91. The van der Waals surface area contributed by atoms with Crippen LogP contribution in [0.1, 0.15) is 21.5 Å². The van der Waals surface area contributed by atoms with Crippen molar-refractivity contribution < 1.29 is 14.6 Å². The first-order valence-electron chi connectivity index (χ1n) is 7.77. The van der Waals surface area contributed by atoms with Gasteiger partial charge in [-0.2, -0.15) is 0 Å². The van der Waals surface area contributed by atoms with Crippen LogP contribution in [-0.4, -0.2) is 11.1 Å². The average Bonchev–Trinajstić information content (AvgIpc) is 2.63. The maximum atomic E-state index is 10.8. The first kappa shape index (κ1) is 16.0. The lowest BCUT2D eigenvalue weighted by Gasteiger charge is -2.07. The number of hydrogen-bond donors (Lipinski definition) is 1. The number of carboxylic acid groups (broad SMARTS) is 1. The highest BCUT2D eigenvalue weighted by molar-refractivity contribution is 5.87. The van der Waals surface area contributed by atoms with Gasteiger partial charge in [0.1, 0.15) is 0 Å². The van der Waals surface area contributed by atoms with Crippen LogP contribution >= 0.6 is 0 Å². The molecule has 0 spiro atoms. The summed E-state index contributed by atoms with van der Waals surface area (Å²) in [5, 5.41) is 8.87. The van der Waals surface area contributed by atoms with E-state index in [0.717, 1.165) is 11.1 Å². The number of rotatable bonds is 6. The zero-order chi connectivity index (χ0) is 16.8. The summed E-state index contributed by atoms with van der Waals surface area (Å²) in [6, 6.07) is 25.3. The van der Waals surface area contributed by atoms with Gasteiger partial charge >= 0.3 is 5.97 Å². The van der Waals surface area contributed by atoms with E-state index < -0.39 is 5.97 Å². The van der Waals surface area contributed by atoms with Gasteiger partial charge in [0.25, 0.3) is 0 Å². The lowest BCUT2D eigenvalue weighted by molar-refractivity contribution is 0.0696. The summed E-state index contributed by atoms with van der Waals surface area (Å²) in [4.78, 5) is 10.8. The van der Waals surface area contributed by atoms with Gasteiger partial charge < -0.3 is 9.84 Å². The first-order valence-corrected chi connectivity index (χ1v) is 7.77. The van der Waals surface area contributed by atoms with E-state index in [1.807, 2.05) is 18.2 Å². The van der Waals surface area contributed by atoms with Crippen LogP contribution < -0.4 is 0 Å². The Balaban J connectivity index is 1.54. The summed E-state index contributed by atoms with van der Waals surface area (Å²) < 4.78 is 5.70. The van der Waals surface area contributed by atoms with Crippen LogP contribution in [0, 0.1) is 0 Å². The van der Waals surface area contributed by atoms with Gasteiger partial charge in [0, 0.05) is 0 Å². The molecule has 0 saturated carbocycles. The van der Waals surface area contributed by atoms with E-state index in [-0.39, 0.29) is 5.56 Å². The molecule has 3 rings (SSSR count). The third-order valence-electron chi connectivity index (χ3n) is 3.80. The van der Waals surface area contributed by atoms with Gasteiger partial charge in [-0.3, -0.25) is 0 Å². The zero-order valence-corrected chi connectivity index (χ0v) is 13.2. The highest BCUT2D eigenvalue weighted by Gasteiger charge is 2.02. The minimum absolute atomic E-state index is 0.287. The molecule has 0 unspecified atom stereocenters. The van der Waals surface area contributed by atoms with Crippen molar-refractivity contribution in [1.29, 1.82) is 0 Å². The molecular weight excluding hydrogens is 300 g/mol. The monoisotopic (exact) mass is 318 g/mol. The minimum atomic E-state index is -0.916. The number of hydrogen-bond acceptors (Lipinski definition) is 2. The fraction of sp³-hybridized carbons (Fsp3) is 0.0952. The van der Waals surface area contributed by atoms with Crippen molar-refractivity contribution in [3.05, 3.63) is 95.6 Å². The summed E-state index contributed by atoms with van der Waals surface area (Å²) in [6.45, 7) is 0.982. The summed E-state index contributed by atoms with van der Waals surface area (Å²) in [5.41, 5.74) is 4.74. The van der Waals surface area contributed by atoms with E-state index >= 15 is 0 Å². The normalized spacial score (nSPS) is 10.5. The zero-order valence-electron chi connectivity index (χ0n) is 13.2. The van der Waals surface area contributed by atoms with E-state index in [0.29, 0.717) is 13.2 Å². The Morgan fingerprint density at radius 1 is 0.708 bits per heavy atom. The molecule has 0 fully saturated rings. The second-order valence-corrected chi connectivity index (χ2v) is 5.56. The number of benzene rings is 3. The Morgan fingerprint density at radius 3 is 1.75 bits per heavy atom.